The molecule has 0 saturated carbocycles. The maximum atomic E-state index is 2.68. The quantitative estimate of drug-likeness (QED) is 0.352. The number of hydrogen-bond donors (Lipinski definition) is 0. The Morgan fingerprint density at radius 3 is 1.34 bits per heavy atom. The van der Waals surface area contributed by atoms with Crippen molar-refractivity contribution >= 4 is 25.6 Å². The predicted molar refractivity (Wildman–Crippen MR) is 141 cm³/mol. The van der Waals surface area contributed by atoms with E-state index in [0.29, 0.717) is 0 Å². The van der Waals surface area contributed by atoms with E-state index in [1.165, 1.54) is 35.1 Å². The van der Waals surface area contributed by atoms with Gasteiger partial charge in [-0.05, 0) is 0 Å². The Morgan fingerprint density at radius 1 is 0.571 bits per heavy atom. The van der Waals surface area contributed by atoms with Crippen LogP contribution in [0.25, 0.3) is 11.1 Å². The van der Waals surface area contributed by atoms with E-state index in [-0.39, 0.29) is 24.8 Å². The minimum absolute atomic E-state index is 0. The SMILES string of the molecule is CC1=[C]([Hf+2]([C]2=C(C)C(c3ccccc3)=CC2)=[Ge]([CH3])[c]2ccccc2)CC=C1c1ccccc1.[Cl-].[Cl-]. The van der Waals surface area contributed by atoms with Gasteiger partial charge in [0.15, 0.2) is 0 Å². The number of benzene rings is 3. The molecule has 0 fully saturated rings. The maximum Gasteiger partial charge on any atom is -1.00 e. The van der Waals surface area contributed by atoms with Crippen LogP contribution in [0.15, 0.2) is 121 Å². The molecule has 176 valence electrons. The standard InChI is InChI=1S/2C12H11.C7H8Ge.2ClH.Hf/c2*1-10-6-5-9-12(10)11-7-3-2-4-8-11;1-8-7-5-3-2-4-6-7;;;/h2*2-4,7-9H,5H2,1H3;2-6H,1H3;2*1H;/q;;;;;+2/p-2. The summed E-state index contributed by atoms with van der Waals surface area (Å²) < 4.78 is 5.43. The molecule has 2 aliphatic carbocycles. The normalized spacial score (nSPS) is 14.5. The molecule has 0 heterocycles. The Balaban J connectivity index is 0.00000171. The number of halogens is 2. The third kappa shape index (κ3) is 5.80. The summed E-state index contributed by atoms with van der Waals surface area (Å²) in [4.78, 5) is 0. The Hall–Kier alpha value is -1.39. The summed E-state index contributed by atoms with van der Waals surface area (Å²) in [6.07, 6.45) is 7.40. The van der Waals surface area contributed by atoms with E-state index in [4.69, 9.17) is 0 Å². The van der Waals surface area contributed by atoms with E-state index < -0.39 is 28.4 Å². The van der Waals surface area contributed by atoms with Crippen LogP contribution in [0.5, 0.6) is 0 Å². The average molecular weight is 725 g/mol. The van der Waals surface area contributed by atoms with Crippen LogP contribution in [0, 0.1) is 0 Å². The van der Waals surface area contributed by atoms with Gasteiger partial charge in [0.2, 0.25) is 0 Å². The summed E-state index contributed by atoms with van der Waals surface area (Å²) in [6, 6.07) is 33.6. The van der Waals surface area contributed by atoms with Gasteiger partial charge in [-0.25, -0.2) is 0 Å². The van der Waals surface area contributed by atoms with Gasteiger partial charge in [0.05, 0.1) is 0 Å². The van der Waals surface area contributed by atoms with E-state index in [9.17, 15) is 0 Å². The van der Waals surface area contributed by atoms with Gasteiger partial charge in [-0.2, -0.15) is 0 Å². The fourth-order valence-corrected chi connectivity index (χ4v) is 51.8. The molecule has 0 atom stereocenters. The summed E-state index contributed by atoms with van der Waals surface area (Å²) in [5.74, 6) is 2.68. The van der Waals surface area contributed by atoms with Crippen LogP contribution in [0.1, 0.15) is 37.8 Å². The molecule has 0 aromatic heterocycles. The van der Waals surface area contributed by atoms with Crippen LogP contribution in [-0.4, -0.2) is 10.1 Å². The molecule has 3 aromatic rings. The van der Waals surface area contributed by atoms with Crippen LogP contribution in [0.2, 0.25) is 5.76 Å². The Kier molecular flexibility index (Phi) is 10.2. The largest absolute Gasteiger partial charge is 1.00 e. The molecular formula is C31H30Cl2GeHf. The zero-order valence-electron chi connectivity index (χ0n) is 20.5. The number of rotatable bonds is 5. The molecule has 4 heteroatoms. The van der Waals surface area contributed by atoms with Gasteiger partial charge in [-0.1, -0.05) is 0 Å². The van der Waals surface area contributed by atoms with E-state index in [1.54, 1.807) is 15.5 Å². The monoisotopic (exact) mass is 726 g/mol. The summed E-state index contributed by atoms with van der Waals surface area (Å²) in [6.45, 7) is 4.83. The van der Waals surface area contributed by atoms with Gasteiger partial charge in [-0.15, -0.1) is 0 Å². The second-order valence-corrected chi connectivity index (χ2v) is 42.4. The molecule has 0 nitrogen and oxygen atoms in total. The fraction of sp³-hybridized carbons (Fsp3) is 0.161. The summed E-state index contributed by atoms with van der Waals surface area (Å²) in [5, 5.41) is 0. The Morgan fingerprint density at radius 2 is 0.943 bits per heavy atom. The van der Waals surface area contributed by atoms with E-state index >= 15 is 0 Å². The topological polar surface area (TPSA) is 0 Å². The second kappa shape index (κ2) is 12.7. The Bertz CT molecular complexity index is 1270. The van der Waals surface area contributed by atoms with Crippen molar-refractivity contribution < 1.29 is 43.2 Å². The van der Waals surface area contributed by atoms with Crippen molar-refractivity contribution in [2.45, 2.75) is 32.4 Å². The summed E-state index contributed by atoms with van der Waals surface area (Å²) in [7, 11) is -1.41. The molecule has 35 heavy (non-hydrogen) atoms. The fourth-order valence-electron chi connectivity index (χ4n) is 5.30. The van der Waals surface area contributed by atoms with Crippen LogP contribution in [0.4, 0.5) is 0 Å². The van der Waals surface area contributed by atoms with Crippen molar-refractivity contribution in [2.75, 3.05) is 0 Å². The minimum atomic E-state index is -2.26. The van der Waals surface area contributed by atoms with Crippen LogP contribution in [0.3, 0.4) is 0 Å². The van der Waals surface area contributed by atoms with Gasteiger partial charge in [0, 0.05) is 0 Å². The first kappa shape index (κ1) is 28.2. The molecule has 0 aliphatic heterocycles. The zero-order valence-corrected chi connectivity index (χ0v) is 27.7. The molecule has 0 unspecified atom stereocenters. The molecule has 0 radical (unpaired) electrons. The summed E-state index contributed by atoms with van der Waals surface area (Å²) in [5.41, 5.74) is 8.93. The first-order valence-corrected chi connectivity index (χ1v) is 29.0. The smallest absolute Gasteiger partial charge is 1.00 e. The zero-order chi connectivity index (χ0) is 22.8. The van der Waals surface area contributed by atoms with Gasteiger partial charge < -0.3 is 24.8 Å². The van der Waals surface area contributed by atoms with Gasteiger partial charge in [0.25, 0.3) is 0 Å². The van der Waals surface area contributed by atoms with E-state index in [0.717, 1.165) is 0 Å². The van der Waals surface area contributed by atoms with Crippen molar-refractivity contribution in [3.05, 3.63) is 132 Å². The van der Waals surface area contributed by atoms with Crippen molar-refractivity contribution in [1.82, 2.24) is 0 Å². The van der Waals surface area contributed by atoms with E-state index in [2.05, 4.69) is 123 Å². The number of hydrogen-bond acceptors (Lipinski definition) is 0. The summed E-state index contributed by atoms with van der Waals surface area (Å²) >= 11 is -2.26. The van der Waals surface area contributed by atoms with Crippen molar-refractivity contribution in [2.24, 2.45) is 0 Å². The molecular weight excluding hydrogens is 694 g/mol. The third-order valence-electron chi connectivity index (χ3n) is 7.09. The Labute approximate surface area is 231 Å². The third-order valence-corrected chi connectivity index (χ3v) is 49.4. The van der Waals surface area contributed by atoms with Gasteiger partial charge in [0.1, 0.15) is 0 Å². The maximum absolute atomic E-state index is 2.68. The van der Waals surface area contributed by atoms with Gasteiger partial charge in [-0.3, -0.25) is 0 Å². The van der Waals surface area contributed by atoms with Crippen molar-refractivity contribution in [1.29, 1.82) is 0 Å². The van der Waals surface area contributed by atoms with Crippen molar-refractivity contribution in [3.8, 4) is 0 Å². The van der Waals surface area contributed by atoms with Crippen LogP contribution < -0.4 is 29.2 Å². The van der Waals surface area contributed by atoms with Crippen LogP contribution in [-0.2, 0) is 18.3 Å². The number of allylic oxidation sites excluding steroid dienone is 8. The molecule has 0 spiro atoms. The molecule has 0 N–H and O–H groups in total. The molecule has 3 aromatic carbocycles. The molecule has 0 bridgehead atoms. The minimum Gasteiger partial charge on any atom is -1.00 e. The molecule has 2 aliphatic rings. The van der Waals surface area contributed by atoms with Gasteiger partial charge >= 0.3 is 208 Å². The van der Waals surface area contributed by atoms with Crippen molar-refractivity contribution in [3.63, 3.8) is 0 Å². The molecule has 5 rings (SSSR count). The second-order valence-electron chi connectivity index (χ2n) is 8.95. The van der Waals surface area contributed by atoms with Crippen LogP contribution >= 0.6 is 0 Å². The molecule has 0 saturated heterocycles. The average Bonchev–Trinajstić information content (AvgIpc) is 3.44. The molecule has 0 amide bonds. The predicted octanol–water partition coefficient (Wildman–Crippen LogP) is 1.66. The first-order valence-electron chi connectivity index (χ1n) is 11.8. The van der Waals surface area contributed by atoms with E-state index in [1.807, 2.05) is 6.66 Å². The first-order chi connectivity index (χ1) is 16.1.